The van der Waals surface area contributed by atoms with E-state index in [1.807, 2.05) is 0 Å². The minimum Gasteiger partial charge on any atom is -0.374 e. The van der Waals surface area contributed by atoms with Crippen molar-refractivity contribution in [2.75, 3.05) is 31.6 Å². The molecule has 1 unspecified atom stereocenters. The second-order valence-electron chi connectivity index (χ2n) is 5.48. The van der Waals surface area contributed by atoms with Crippen LogP contribution in [0.3, 0.4) is 0 Å². The fourth-order valence-corrected chi connectivity index (χ4v) is 2.80. The zero-order chi connectivity index (χ0) is 12.3. The maximum Gasteiger partial charge on any atom is 0.0366 e. The van der Waals surface area contributed by atoms with Crippen LogP contribution >= 0.6 is 0 Å². The molecule has 0 radical (unpaired) electrons. The molecular formula is C15H24N2. The molecule has 1 aromatic carbocycles. The Morgan fingerprint density at radius 3 is 2.82 bits per heavy atom. The summed E-state index contributed by atoms with van der Waals surface area (Å²) in [7, 11) is 2.21. The number of hydrogen-bond acceptors (Lipinski definition) is 2. The summed E-state index contributed by atoms with van der Waals surface area (Å²) in [6, 6.07) is 8.78. The van der Waals surface area contributed by atoms with Gasteiger partial charge in [-0.25, -0.2) is 0 Å². The molecule has 17 heavy (non-hydrogen) atoms. The van der Waals surface area contributed by atoms with E-state index in [9.17, 15) is 0 Å². The van der Waals surface area contributed by atoms with E-state index in [0.717, 1.165) is 6.54 Å². The van der Waals surface area contributed by atoms with E-state index in [4.69, 9.17) is 0 Å². The van der Waals surface area contributed by atoms with Gasteiger partial charge in [-0.15, -0.1) is 0 Å². The van der Waals surface area contributed by atoms with E-state index in [1.165, 1.54) is 37.2 Å². The quantitative estimate of drug-likeness (QED) is 0.858. The third-order valence-electron chi connectivity index (χ3n) is 4.10. The summed E-state index contributed by atoms with van der Waals surface area (Å²) in [5.74, 6) is 0. The molecule has 0 bridgehead atoms. The number of nitrogens with zero attached hydrogens (tertiary/aromatic N) is 1. The first kappa shape index (κ1) is 12.4. The first-order chi connectivity index (χ1) is 8.15. The lowest BCUT2D eigenvalue weighted by atomic mass is 9.83. The number of aryl methyl sites for hydroxylation is 1. The van der Waals surface area contributed by atoms with E-state index < -0.39 is 0 Å². The highest BCUT2D eigenvalue weighted by Crippen LogP contribution is 2.31. The molecule has 0 aliphatic carbocycles. The van der Waals surface area contributed by atoms with E-state index in [0.29, 0.717) is 5.41 Å². The van der Waals surface area contributed by atoms with E-state index in [-0.39, 0.29) is 0 Å². The van der Waals surface area contributed by atoms with Crippen LogP contribution in [0.2, 0.25) is 0 Å². The van der Waals surface area contributed by atoms with E-state index in [1.54, 1.807) is 0 Å². The third kappa shape index (κ3) is 2.81. The number of anilines is 1. The molecule has 1 fully saturated rings. The lowest BCUT2D eigenvalue weighted by Gasteiger charge is -2.33. The molecule has 0 spiro atoms. The molecule has 1 saturated heterocycles. The summed E-state index contributed by atoms with van der Waals surface area (Å²) in [6.45, 7) is 7.97. The topological polar surface area (TPSA) is 15.3 Å². The number of benzene rings is 1. The van der Waals surface area contributed by atoms with Gasteiger partial charge >= 0.3 is 0 Å². The molecule has 2 nitrogen and oxygen atoms in total. The van der Waals surface area contributed by atoms with Crippen LogP contribution in [0, 0.1) is 12.3 Å². The predicted molar refractivity (Wildman–Crippen MR) is 74.7 cm³/mol. The first-order valence-corrected chi connectivity index (χ1v) is 6.64. The Morgan fingerprint density at radius 1 is 1.41 bits per heavy atom. The van der Waals surface area contributed by atoms with Crippen molar-refractivity contribution in [3.05, 3.63) is 29.8 Å². The Bertz CT molecular complexity index is 367. The zero-order valence-corrected chi connectivity index (χ0v) is 11.3. The molecule has 1 aliphatic rings. The third-order valence-corrected chi connectivity index (χ3v) is 4.10. The first-order valence-electron chi connectivity index (χ1n) is 6.64. The molecule has 2 rings (SSSR count). The Morgan fingerprint density at radius 2 is 2.24 bits per heavy atom. The van der Waals surface area contributed by atoms with Crippen molar-refractivity contribution in [3.63, 3.8) is 0 Å². The van der Waals surface area contributed by atoms with Gasteiger partial charge in [0.2, 0.25) is 0 Å². The second kappa shape index (κ2) is 5.09. The van der Waals surface area contributed by atoms with E-state index >= 15 is 0 Å². The van der Waals surface area contributed by atoms with Gasteiger partial charge < -0.3 is 10.2 Å². The van der Waals surface area contributed by atoms with Crippen molar-refractivity contribution in [3.8, 4) is 0 Å². The van der Waals surface area contributed by atoms with Crippen LogP contribution in [-0.4, -0.2) is 26.7 Å². The Labute approximate surface area is 105 Å². The summed E-state index contributed by atoms with van der Waals surface area (Å²) in [5.41, 5.74) is 3.15. The van der Waals surface area contributed by atoms with Gasteiger partial charge in [0.15, 0.2) is 0 Å². The van der Waals surface area contributed by atoms with Crippen LogP contribution in [0.4, 0.5) is 5.69 Å². The molecule has 0 amide bonds. The van der Waals surface area contributed by atoms with Crippen LogP contribution in [-0.2, 0) is 0 Å². The molecule has 2 heteroatoms. The molecule has 0 aromatic heterocycles. The monoisotopic (exact) mass is 232 g/mol. The highest BCUT2D eigenvalue weighted by atomic mass is 15.1. The molecule has 1 aliphatic heterocycles. The average Bonchev–Trinajstić information content (AvgIpc) is 2.78. The Balaban J connectivity index is 2.07. The molecule has 1 atom stereocenters. The predicted octanol–water partition coefficient (Wildman–Crippen LogP) is 2.82. The van der Waals surface area contributed by atoms with Gasteiger partial charge in [0, 0.05) is 31.2 Å². The summed E-state index contributed by atoms with van der Waals surface area (Å²) in [4.78, 5) is 2.41. The lowest BCUT2D eigenvalue weighted by Crippen LogP contribution is -2.37. The van der Waals surface area contributed by atoms with Crippen molar-refractivity contribution in [2.24, 2.45) is 5.41 Å². The van der Waals surface area contributed by atoms with Gasteiger partial charge in [-0.2, -0.15) is 0 Å². The second-order valence-corrected chi connectivity index (χ2v) is 5.48. The number of hydrogen-bond donors (Lipinski definition) is 1. The van der Waals surface area contributed by atoms with Gasteiger partial charge in [-0.3, -0.25) is 0 Å². The van der Waals surface area contributed by atoms with Crippen molar-refractivity contribution in [2.45, 2.75) is 26.7 Å². The minimum atomic E-state index is 0.471. The normalized spacial score (nSPS) is 23.9. The summed E-state index contributed by atoms with van der Waals surface area (Å²) in [6.07, 6.45) is 2.57. The lowest BCUT2D eigenvalue weighted by molar-refractivity contribution is 0.317. The van der Waals surface area contributed by atoms with Crippen LogP contribution < -0.4 is 10.2 Å². The smallest absolute Gasteiger partial charge is 0.0366 e. The fourth-order valence-electron chi connectivity index (χ4n) is 2.80. The Kier molecular flexibility index (Phi) is 3.72. The summed E-state index contributed by atoms with van der Waals surface area (Å²) >= 11 is 0. The molecule has 94 valence electrons. The average molecular weight is 232 g/mol. The van der Waals surface area contributed by atoms with E-state index in [2.05, 4.69) is 55.4 Å². The molecule has 1 aromatic rings. The molecule has 1 heterocycles. The summed E-state index contributed by atoms with van der Waals surface area (Å²) in [5, 5.41) is 3.51. The van der Waals surface area contributed by atoms with Crippen LogP contribution in [0.15, 0.2) is 24.3 Å². The fraction of sp³-hybridized carbons (Fsp3) is 0.600. The molecular weight excluding hydrogens is 208 g/mol. The minimum absolute atomic E-state index is 0.471. The SMILES string of the molecule is CCC1(CN(C)c2cccc(C)c2)CCNC1. The van der Waals surface area contributed by atoms with Gasteiger partial charge in [0.05, 0.1) is 0 Å². The maximum atomic E-state index is 3.51. The summed E-state index contributed by atoms with van der Waals surface area (Å²) < 4.78 is 0. The van der Waals surface area contributed by atoms with Gasteiger partial charge in [0.1, 0.15) is 0 Å². The highest BCUT2D eigenvalue weighted by Gasteiger charge is 2.33. The van der Waals surface area contributed by atoms with Crippen molar-refractivity contribution in [1.82, 2.24) is 5.32 Å². The molecule has 1 N–H and O–H groups in total. The van der Waals surface area contributed by atoms with Crippen molar-refractivity contribution >= 4 is 5.69 Å². The van der Waals surface area contributed by atoms with Crippen LogP contribution in [0.1, 0.15) is 25.3 Å². The van der Waals surface area contributed by atoms with Crippen LogP contribution in [0.5, 0.6) is 0 Å². The number of nitrogens with one attached hydrogen (secondary N) is 1. The van der Waals surface area contributed by atoms with Crippen LogP contribution in [0.25, 0.3) is 0 Å². The Hall–Kier alpha value is -1.02. The molecule has 0 saturated carbocycles. The van der Waals surface area contributed by atoms with Gasteiger partial charge in [0.25, 0.3) is 0 Å². The number of rotatable bonds is 4. The van der Waals surface area contributed by atoms with Gasteiger partial charge in [-0.1, -0.05) is 19.1 Å². The highest BCUT2D eigenvalue weighted by molar-refractivity contribution is 5.47. The van der Waals surface area contributed by atoms with Crippen molar-refractivity contribution in [1.29, 1.82) is 0 Å². The van der Waals surface area contributed by atoms with Gasteiger partial charge in [-0.05, 0) is 44.0 Å². The maximum absolute atomic E-state index is 3.51. The van der Waals surface area contributed by atoms with Crippen molar-refractivity contribution < 1.29 is 0 Å². The zero-order valence-electron chi connectivity index (χ0n) is 11.3. The largest absolute Gasteiger partial charge is 0.374 e. The standard InChI is InChI=1S/C15H24N2/c1-4-15(8-9-16-11-15)12-17(3)14-7-5-6-13(2)10-14/h5-7,10,16H,4,8-9,11-12H2,1-3H3.